The monoisotopic (exact) mass is 253 g/mol. The third-order valence-electron chi connectivity index (χ3n) is 2.81. The number of amides is 1. The number of carbonyl (C=O) groups is 1. The van der Waals surface area contributed by atoms with Gasteiger partial charge in [-0.2, -0.15) is 0 Å². The lowest BCUT2D eigenvalue weighted by Crippen LogP contribution is -2.10. The molecule has 0 fully saturated rings. The van der Waals surface area contributed by atoms with Crippen molar-refractivity contribution in [2.75, 3.05) is 5.73 Å². The second-order valence-electron chi connectivity index (χ2n) is 4.19. The van der Waals surface area contributed by atoms with E-state index in [9.17, 15) is 4.79 Å². The first kappa shape index (κ1) is 11.3. The van der Waals surface area contributed by atoms with Crippen molar-refractivity contribution in [2.24, 2.45) is 5.73 Å². The molecule has 1 heterocycles. The predicted octanol–water partition coefficient (Wildman–Crippen LogP) is 2.18. The fourth-order valence-corrected chi connectivity index (χ4v) is 1.87. The van der Waals surface area contributed by atoms with E-state index in [1.54, 1.807) is 42.5 Å². The minimum atomic E-state index is -0.484. The summed E-state index contributed by atoms with van der Waals surface area (Å²) in [4.78, 5) is 15.5. The number of benzene rings is 2. The molecule has 0 aliphatic rings. The number of hydrogen-bond acceptors (Lipinski definition) is 4. The molecule has 0 bridgehead atoms. The van der Waals surface area contributed by atoms with Gasteiger partial charge >= 0.3 is 0 Å². The number of rotatable bonds is 2. The van der Waals surface area contributed by atoms with E-state index in [0.29, 0.717) is 33.8 Å². The van der Waals surface area contributed by atoms with Crippen LogP contribution in [0.2, 0.25) is 0 Å². The van der Waals surface area contributed by atoms with Crippen molar-refractivity contribution in [3.05, 3.63) is 48.0 Å². The van der Waals surface area contributed by atoms with E-state index < -0.39 is 5.91 Å². The van der Waals surface area contributed by atoms with Crippen LogP contribution in [0.4, 0.5) is 5.69 Å². The van der Waals surface area contributed by atoms with Crippen LogP contribution in [0.3, 0.4) is 0 Å². The van der Waals surface area contributed by atoms with Gasteiger partial charge in [0.1, 0.15) is 5.52 Å². The number of primary amides is 1. The fourth-order valence-electron chi connectivity index (χ4n) is 1.87. The Morgan fingerprint density at radius 3 is 2.79 bits per heavy atom. The van der Waals surface area contributed by atoms with Crippen molar-refractivity contribution < 1.29 is 9.21 Å². The number of hydrogen-bond donors (Lipinski definition) is 2. The van der Waals surface area contributed by atoms with Crippen LogP contribution in [0.15, 0.2) is 46.9 Å². The molecule has 4 N–H and O–H groups in total. The van der Waals surface area contributed by atoms with Crippen LogP contribution in [-0.4, -0.2) is 10.9 Å². The van der Waals surface area contributed by atoms with Gasteiger partial charge in [0, 0.05) is 22.9 Å². The zero-order valence-electron chi connectivity index (χ0n) is 9.96. The smallest absolute Gasteiger partial charge is 0.248 e. The molecule has 0 saturated heterocycles. The molecule has 3 aromatic rings. The molecule has 94 valence electrons. The van der Waals surface area contributed by atoms with Crippen LogP contribution >= 0.6 is 0 Å². The number of carbonyl (C=O) groups excluding carboxylic acids is 1. The van der Waals surface area contributed by atoms with Gasteiger partial charge in [-0.15, -0.1) is 0 Å². The number of oxazole rings is 1. The lowest BCUT2D eigenvalue weighted by molar-refractivity contribution is 0.100. The molecule has 0 saturated carbocycles. The van der Waals surface area contributed by atoms with Gasteiger partial charge in [0.15, 0.2) is 5.58 Å². The normalized spacial score (nSPS) is 10.7. The molecule has 0 aliphatic heterocycles. The molecular formula is C14H11N3O2. The summed E-state index contributed by atoms with van der Waals surface area (Å²) in [6.45, 7) is 0. The summed E-state index contributed by atoms with van der Waals surface area (Å²) in [6, 6.07) is 12.1. The van der Waals surface area contributed by atoms with Crippen LogP contribution in [0.5, 0.6) is 0 Å². The highest BCUT2D eigenvalue weighted by Crippen LogP contribution is 2.26. The van der Waals surface area contributed by atoms with Gasteiger partial charge in [0.05, 0.1) is 0 Å². The summed E-state index contributed by atoms with van der Waals surface area (Å²) in [7, 11) is 0. The molecule has 5 heteroatoms. The van der Waals surface area contributed by atoms with Crippen LogP contribution in [0, 0.1) is 0 Å². The minimum Gasteiger partial charge on any atom is -0.436 e. The summed E-state index contributed by atoms with van der Waals surface area (Å²) < 4.78 is 5.63. The summed E-state index contributed by atoms with van der Waals surface area (Å²) in [5, 5.41) is 0. The van der Waals surface area contributed by atoms with E-state index in [0.717, 1.165) is 0 Å². The van der Waals surface area contributed by atoms with Gasteiger partial charge in [0.2, 0.25) is 11.8 Å². The lowest BCUT2D eigenvalue weighted by Gasteiger charge is -1.98. The molecule has 0 aliphatic carbocycles. The van der Waals surface area contributed by atoms with Gasteiger partial charge in [-0.05, 0) is 30.3 Å². The average Bonchev–Trinajstić information content (AvgIpc) is 2.81. The van der Waals surface area contributed by atoms with E-state index in [1.807, 2.05) is 0 Å². The first-order chi connectivity index (χ1) is 9.13. The highest BCUT2D eigenvalue weighted by molar-refractivity contribution is 5.94. The van der Waals surface area contributed by atoms with Crippen LogP contribution < -0.4 is 11.5 Å². The first-order valence-electron chi connectivity index (χ1n) is 5.70. The molecule has 0 spiro atoms. The fraction of sp³-hybridized carbons (Fsp3) is 0. The minimum absolute atomic E-state index is 0.416. The van der Waals surface area contributed by atoms with Crippen molar-refractivity contribution in [3.63, 3.8) is 0 Å². The van der Waals surface area contributed by atoms with Gasteiger partial charge in [-0.3, -0.25) is 4.79 Å². The Balaban J connectivity index is 2.13. The Hall–Kier alpha value is -2.82. The quantitative estimate of drug-likeness (QED) is 0.684. The molecule has 2 aromatic carbocycles. The van der Waals surface area contributed by atoms with Crippen LogP contribution in [0.1, 0.15) is 10.4 Å². The Bertz CT molecular complexity index is 777. The standard InChI is InChI=1S/C14H11N3O2/c15-10-4-5-11-12(7-10)19-14(17-11)9-3-1-2-8(6-9)13(16)18/h1-7H,15H2,(H2,16,18). The molecule has 19 heavy (non-hydrogen) atoms. The Kier molecular flexibility index (Phi) is 2.45. The Labute approximate surface area is 108 Å². The largest absolute Gasteiger partial charge is 0.436 e. The molecule has 1 aromatic heterocycles. The third kappa shape index (κ3) is 2.01. The number of aromatic nitrogens is 1. The van der Waals surface area contributed by atoms with Crippen molar-refractivity contribution in [2.45, 2.75) is 0 Å². The highest BCUT2D eigenvalue weighted by Gasteiger charge is 2.10. The second kappa shape index (κ2) is 4.13. The predicted molar refractivity (Wildman–Crippen MR) is 72.4 cm³/mol. The zero-order chi connectivity index (χ0) is 13.4. The van der Waals surface area contributed by atoms with Crippen molar-refractivity contribution in [1.29, 1.82) is 0 Å². The first-order valence-corrected chi connectivity index (χ1v) is 5.70. The Morgan fingerprint density at radius 1 is 1.16 bits per heavy atom. The van der Waals surface area contributed by atoms with Gasteiger partial charge in [-0.1, -0.05) is 6.07 Å². The number of nitrogens with zero attached hydrogens (tertiary/aromatic N) is 1. The van der Waals surface area contributed by atoms with Gasteiger partial charge < -0.3 is 15.9 Å². The topological polar surface area (TPSA) is 95.1 Å². The SMILES string of the molecule is NC(=O)c1cccc(-c2nc3ccc(N)cc3o2)c1. The summed E-state index contributed by atoms with van der Waals surface area (Å²) in [5.74, 6) is -0.0501. The average molecular weight is 253 g/mol. The lowest BCUT2D eigenvalue weighted by atomic mass is 10.1. The molecule has 5 nitrogen and oxygen atoms in total. The maximum Gasteiger partial charge on any atom is 0.248 e. The Morgan fingerprint density at radius 2 is 2.00 bits per heavy atom. The number of nitrogen functional groups attached to an aromatic ring is 1. The zero-order valence-corrected chi connectivity index (χ0v) is 9.96. The van der Waals surface area contributed by atoms with Crippen molar-refractivity contribution in [1.82, 2.24) is 4.98 Å². The maximum absolute atomic E-state index is 11.2. The van der Waals surface area contributed by atoms with Crippen molar-refractivity contribution in [3.8, 4) is 11.5 Å². The van der Waals surface area contributed by atoms with Crippen LogP contribution in [0.25, 0.3) is 22.6 Å². The molecule has 3 rings (SSSR count). The molecule has 1 amide bonds. The molecule has 0 radical (unpaired) electrons. The van der Waals surface area contributed by atoms with E-state index in [1.165, 1.54) is 0 Å². The summed E-state index contributed by atoms with van der Waals surface area (Å²) in [5.41, 5.74) is 14.0. The second-order valence-corrected chi connectivity index (χ2v) is 4.19. The van der Waals surface area contributed by atoms with E-state index in [2.05, 4.69) is 4.98 Å². The van der Waals surface area contributed by atoms with Gasteiger partial charge in [0.25, 0.3) is 0 Å². The molecule has 0 atom stereocenters. The van der Waals surface area contributed by atoms with E-state index in [4.69, 9.17) is 15.9 Å². The van der Waals surface area contributed by atoms with Gasteiger partial charge in [-0.25, -0.2) is 4.98 Å². The maximum atomic E-state index is 11.2. The third-order valence-corrected chi connectivity index (χ3v) is 2.81. The number of anilines is 1. The van der Waals surface area contributed by atoms with E-state index in [-0.39, 0.29) is 0 Å². The van der Waals surface area contributed by atoms with Crippen molar-refractivity contribution >= 4 is 22.7 Å². The highest BCUT2D eigenvalue weighted by atomic mass is 16.3. The molecular weight excluding hydrogens is 242 g/mol. The molecule has 0 unspecified atom stereocenters. The summed E-state index contributed by atoms with van der Waals surface area (Å²) >= 11 is 0. The number of nitrogens with two attached hydrogens (primary N) is 2. The van der Waals surface area contributed by atoms with E-state index >= 15 is 0 Å². The number of fused-ring (bicyclic) bond motifs is 1. The van der Waals surface area contributed by atoms with Crippen LogP contribution in [-0.2, 0) is 0 Å². The summed E-state index contributed by atoms with van der Waals surface area (Å²) in [6.07, 6.45) is 0.